The van der Waals surface area contributed by atoms with E-state index in [9.17, 15) is 4.79 Å². The molecule has 3 aromatic heterocycles. The average Bonchev–Trinajstić information content (AvgIpc) is 3.27. The number of nitrogens with one attached hydrogen (secondary N) is 2. The summed E-state index contributed by atoms with van der Waals surface area (Å²) < 4.78 is 0. The van der Waals surface area contributed by atoms with Crippen molar-refractivity contribution in [3.63, 3.8) is 0 Å². The van der Waals surface area contributed by atoms with Crippen LogP contribution in [0.15, 0.2) is 55.1 Å². The topological polar surface area (TPSA) is 90.0 Å². The number of hydrogen-bond acceptors (Lipinski definition) is 6. The minimum atomic E-state index is -0.277. The van der Waals surface area contributed by atoms with Gasteiger partial charge >= 0.3 is 0 Å². The molecule has 182 valence electrons. The van der Waals surface area contributed by atoms with Crippen LogP contribution >= 0.6 is 0 Å². The quantitative estimate of drug-likeness (QED) is 0.340. The van der Waals surface area contributed by atoms with Crippen molar-refractivity contribution in [2.75, 3.05) is 37.4 Å². The Bertz CT molecular complexity index is 1290. The first-order valence-corrected chi connectivity index (χ1v) is 12.1. The van der Waals surface area contributed by atoms with E-state index in [1.807, 2.05) is 50.8 Å². The zero-order chi connectivity index (χ0) is 24.8. The summed E-state index contributed by atoms with van der Waals surface area (Å²) in [5, 5.41) is 11.0. The van der Waals surface area contributed by atoms with Crippen LogP contribution in [0.25, 0.3) is 22.0 Å². The SMILES string of the molecule is CCCN(CCC)c1cncc(-c2ccc3[nH]nc(C(=O)Nc4cncc(CN(C)C)c4)c3c2)c1. The van der Waals surface area contributed by atoms with E-state index in [0.717, 1.165) is 65.8 Å². The maximum Gasteiger partial charge on any atom is 0.276 e. The van der Waals surface area contributed by atoms with Gasteiger partial charge in [0.05, 0.1) is 29.3 Å². The Hall–Kier alpha value is -3.78. The van der Waals surface area contributed by atoms with Gasteiger partial charge in [0.2, 0.25) is 0 Å². The summed E-state index contributed by atoms with van der Waals surface area (Å²) in [7, 11) is 3.99. The summed E-state index contributed by atoms with van der Waals surface area (Å²) in [5.74, 6) is -0.277. The second-order valence-corrected chi connectivity index (χ2v) is 9.03. The van der Waals surface area contributed by atoms with Gasteiger partial charge in [0.25, 0.3) is 5.91 Å². The number of aromatic amines is 1. The van der Waals surface area contributed by atoms with Gasteiger partial charge in [-0.25, -0.2) is 0 Å². The fourth-order valence-corrected chi connectivity index (χ4v) is 4.23. The minimum absolute atomic E-state index is 0.277. The third-order valence-electron chi connectivity index (χ3n) is 5.74. The number of rotatable bonds is 10. The Kier molecular flexibility index (Phi) is 7.72. The predicted octanol–water partition coefficient (Wildman–Crippen LogP) is 4.96. The van der Waals surface area contributed by atoms with Crippen LogP contribution in [0, 0.1) is 0 Å². The summed E-state index contributed by atoms with van der Waals surface area (Å²) in [4.78, 5) is 26.3. The smallest absolute Gasteiger partial charge is 0.276 e. The average molecular weight is 472 g/mol. The highest BCUT2D eigenvalue weighted by molar-refractivity contribution is 6.11. The molecular formula is C27H33N7O. The van der Waals surface area contributed by atoms with Gasteiger partial charge in [-0.05, 0) is 62.3 Å². The highest BCUT2D eigenvalue weighted by Gasteiger charge is 2.16. The zero-order valence-electron chi connectivity index (χ0n) is 20.9. The molecule has 0 aliphatic heterocycles. The summed E-state index contributed by atoms with van der Waals surface area (Å²) >= 11 is 0. The van der Waals surface area contributed by atoms with Crippen molar-refractivity contribution in [1.29, 1.82) is 0 Å². The van der Waals surface area contributed by atoms with Crippen molar-refractivity contribution in [3.8, 4) is 11.1 Å². The fourth-order valence-electron chi connectivity index (χ4n) is 4.23. The molecule has 0 aliphatic rings. The van der Waals surface area contributed by atoms with Gasteiger partial charge in [-0.15, -0.1) is 0 Å². The van der Waals surface area contributed by atoms with Gasteiger partial charge in [0.15, 0.2) is 5.69 Å². The van der Waals surface area contributed by atoms with Gasteiger partial charge in [0.1, 0.15) is 0 Å². The molecule has 0 saturated heterocycles. The Morgan fingerprint density at radius 3 is 2.46 bits per heavy atom. The van der Waals surface area contributed by atoms with E-state index in [1.165, 1.54) is 0 Å². The lowest BCUT2D eigenvalue weighted by atomic mass is 10.0. The van der Waals surface area contributed by atoms with E-state index in [-0.39, 0.29) is 5.91 Å². The number of aromatic nitrogens is 4. The molecule has 1 aromatic carbocycles. The van der Waals surface area contributed by atoms with Gasteiger partial charge < -0.3 is 15.1 Å². The number of carbonyl (C=O) groups is 1. The largest absolute Gasteiger partial charge is 0.370 e. The van der Waals surface area contributed by atoms with Gasteiger partial charge in [-0.3, -0.25) is 19.9 Å². The van der Waals surface area contributed by atoms with Crippen LogP contribution in [-0.2, 0) is 6.54 Å². The molecule has 0 radical (unpaired) electrons. The van der Waals surface area contributed by atoms with Crippen molar-refractivity contribution in [3.05, 3.63) is 66.4 Å². The molecule has 0 spiro atoms. The van der Waals surface area contributed by atoms with Crippen LogP contribution in [0.1, 0.15) is 42.7 Å². The van der Waals surface area contributed by atoms with Crippen LogP contribution in [0.5, 0.6) is 0 Å². The Morgan fingerprint density at radius 1 is 0.943 bits per heavy atom. The molecule has 4 rings (SSSR count). The molecular weight excluding hydrogens is 438 g/mol. The van der Waals surface area contributed by atoms with Crippen molar-refractivity contribution in [1.82, 2.24) is 25.1 Å². The second kappa shape index (κ2) is 11.1. The van der Waals surface area contributed by atoms with Gasteiger partial charge in [-0.1, -0.05) is 19.9 Å². The lowest BCUT2D eigenvalue weighted by Gasteiger charge is -2.23. The van der Waals surface area contributed by atoms with Crippen LogP contribution in [0.2, 0.25) is 0 Å². The third kappa shape index (κ3) is 5.84. The first-order valence-electron chi connectivity index (χ1n) is 12.1. The van der Waals surface area contributed by atoms with E-state index in [2.05, 4.69) is 55.2 Å². The van der Waals surface area contributed by atoms with E-state index in [0.29, 0.717) is 11.4 Å². The summed E-state index contributed by atoms with van der Waals surface area (Å²) in [6.45, 7) is 7.11. The number of nitrogens with zero attached hydrogens (tertiary/aromatic N) is 5. The van der Waals surface area contributed by atoms with Crippen LogP contribution in [0.4, 0.5) is 11.4 Å². The number of amides is 1. The minimum Gasteiger partial charge on any atom is -0.370 e. The molecule has 0 saturated carbocycles. The van der Waals surface area contributed by atoms with E-state index in [4.69, 9.17) is 0 Å². The Labute approximate surface area is 206 Å². The number of hydrogen-bond donors (Lipinski definition) is 2. The number of carbonyl (C=O) groups excluding carboxylic acids is 1. The van der Waals surface area contributed by atoms with E-state index < -0.39 is 0 Å². The summed E-state index contributed by atoms with van der Waals surface area (Å²) in [6.07, 6.45) is 9.39. The lowest BCUT2D eigenvalue weighted by molar-refractivity contribution is 0.102. The number of pyridine rings is 2. The molecule has 2 N–H and O–H groups in total. The number of fused-ring (bicyclic) bond motifs is 1. The molecule has 0 aliphatic carbocycles. The Balaban J connectivity index is 1.61. The number of benzene rings is 1. The zero-order valence-corrected chi connectivity index (χ0v) is 20.9. The molecule has 0 fully saturated rings. The van der Waals surface area contributed by atoms with Crippen molar-refractivity contribution < 1.29 is 4.79 Å². The Morgan fingerprint density at radius 2 is 1.71 bits per heavy atom. The highest BCUT2D eigenvalue weighted by atomic mass is 16.1. The predicted molar refractivity (Wildman–Crippen MR) is 142 cm³/mol. The highest BCUT2D eigenvalue weighted by Crippen LogP contribution is 2.28. The normalized spacial score (nSPS) is 11.2. The van der Waals surface area contributed by atoms with Gasteiger partial charge in [-0.2, -0.15) is 5.10 Å². The fraction of sp³-hybridized carbons (Fsp3) is 0.333. The first kappa shape index (κ1) is 24.3. The van der Waals surface area contributed by atoms with E-state index >= 15 is 0 Å². The maximum atomic E-state index is 13.1. The van der Waals surface area contributed by atoms with Crippen LogP contribution < -0.4 is 10.2 Å². The number of H-pyrrole nitrogens is 1. The molecule has 4 aromatic rings. The van der Waals surface area contributed by atoms with Crippen molar-refractivity contribution in [2.24, 2.45) is 0 Å². The molecule has 3 heterocycles. The molecule has 0 unspecified atom stereocenters. The first-order chi connectivity index (χ1) is 17.0. The molecule has 8 heteroatoms. The summed E-state index contributed by atoms with van der Waals surface area (Å²) in [6, 6.07) is 10.1. The second-order valence-electron chi connectivity index (χ2n) is 9.03. The molecule has 35 heavy (non-hydrogen) atoms. The molecule has 0 atom stereocenters. The van der Waals surface area contributed by atoms with E-state index in [1.54, 1.807) is 12.4 Å². The van der Waals surface area contributed by atoms with Crippen molar-refractivity contribution >= 4 is 28.2 Å². The monoisotopic (exact) mass is 471 g/mol. The standard InChI is InChI=1S/C27H33N7O/c1-5-9-34(10-6-2)23-12-21(15-29-17-23)20-7-8-25-24(13-20)26(32-31-25)27(35)30-22-11-19(14-28-16-22)18-33(3)4/h7-8,11-17H,5-6,9-10,18H2,1-4H3,(H,30,35)(H,31,32). The number of anilines is 2. The summed E-state index contributed by atoms with van der Waals surface area (Å²) in [5.41, 5.74) is 5.94. The molecule has 8 nitrogen and oxygen atoms in total. The van der Waals surface area contributed by atoms with Crippen LogP contribution in [0.3, 0.4) is 0 Å². The van der Waals surface area contributed by atoms with Crippen molar-refractivity contribution in [2.45, 2.75) is 33.2 Å². The maximum absolute atomic E-state index is 13.1. The molecule has 1 amide bonds. The lowest BCUT2D eigenvalue weighted by Crippen LogP contribution is -2.24. The van der Waals surface area contributed by atoms with Gasteiger partial charge in [0, 0.05) is 43.0 Å². The third-order valence-corrected chi connectivity index (χ3v) is 5.74. The molecule has 0 bridgehead atoms. The van der Waals surface area contributed by atoms with Crippen LogP contribution in [-0.4, -0.2) is 58.2 Å².